The highest BCUT2D eigenvalue weighted by Gasteiger charge is 2.62. The van der Waals surface area contributed by atoms with Gasteiger partial charge in [-0.2, -0.15) is 10.5 Å². The van der Waals surface area contributed by atoms with Crippen molar-refractivity contribution in [1.82, 2.24) is 0 Å². The highest BCUT2D eigenvalue weighted by atomic mass is 15.2. The number of nitrogens with zero attached hydrogens (tertiary/aromatic N) is 3. The van der Waals surface area contributed by atoms with Crippen LogP contribution in [0.15, 0.2) is 24.3 Å². The van der Waals surface area contributed by atoms with E-state index in [-0.39, 0.29) is 11.5 Å². The summed E-state index contributed by atoms with van der Waals surface area (Å²) in [6, 6.07) is 13.2. The minimum Gasteiger partial charge on any atom is -0.363 e. The minimum atomic E-state index is -0.962. The molecule has 3 heteroatoms. The molecule has 0 amide bonds. The average Bonchev–Trinajstić information content (AvgIpc) is 2.56. The maximum atomic E-state index is 9.97. The Morgan fingerprint density at radius 2 is 1.95 bits per heavy atom. The Morgan fingerprint density at radius 3 is 2.62 bits per heavy atom. The summed E-state index contributed by atoms with van der Waals surface area (Å²) in [7, 11) is 0. The number of para-hydroxylation sites is 1. The molecule has 2 atom stereocenters. The summed E-state index contributed by atoms with van der Waals surface area (Å²) in [6.45, 7) is 5.12. The average molecular weight is 279 g/mol. The summed E-state index contributed by atoms with van der Waals surface area (Å²) in [5, 5.41) is 19.9. The van der Waals surface area contributed by atoms with E-state index in [0.717, 1.165) is 37.8 Å². The lowest BCUT2D eigenvalue weighted by atomic mass is 9.55. The van der Waals surface area contributed by atoms with Crippen molar-refractivity contribution in [1.29, 1.82) is 10.5 Å². The largest absolute Gasteiger partial charge is 0.363 e. The Hall–Kier alpha value is -2.00. The topological polar surface area (TPSA) is 50.8 Å². The fourth-order valence-corrected chi connectivity index (χ4v) is 4.61. The van der Waals surface area contributed by atoms with Crippen LogP contribution in [0.4, 0.5) is 5.69 Å². The lowest BCUT2D eigenvalue weighted by Gasteiger charge is -2.59. The van der Waals surface area contributed by atoms with Crippen molar-refractivity contribution in [2.75, 3.05) is 11.4 Å². The van der Waals surface area contributed by atoms with E-state index in [1.54, 1.807) is 0 Å². The molecule has 0 bridgehead atoms. The summed E-state index contributed by atoms with van der Waals surface area (Å²) < 4.78 is 0. The third kappa shape index (κ3) is 1.52. The molecule has 0 N–H and O–H groups in total. The first kappa shape index (κ1) is 14.0. The van der Waals surface area contributed by atoms with Gasteiger partial charge >= 0.3 is 0 Å². The Kier molecular flexibility index (Phi) is 3.18. The standard InChI is InChI=1S/C18H21N3/c1-3-18-10-6-7-11-21(18)16-9-5-4-8-15(16)14(2)17(18,12-19)13-20/h4-5,8-9,14H,3,6-7,10-11H2,1-2H3/t14-,18-/m1/s1. The number of rotatable bonds is 1. The zero-order valence-electron chi connectivity index (χ0n) is 12.8. The van der Waals surface area contributed by atoms with Gasteiger partial charge in [-0.05, 0) is 37.3 Å². The molecule has 0 unspecified atom stereocenters. The summed E-state index contributed by atoms with van der Waals surface area (Å²) in [6.07, 6.45) is 4.01. The molecule has 21 heavy (non-hydrogen) atoms. The van der Waals surface area contributed by atoms with E-state index >= 15 is 0 Å². The smallest absolute Gasteiger partial charge is 0.173 e. The van der Waals surface area contributed by atoms with E-state index in [0.29, 0.717) is 0 Å². The van der Waals surface area contributed by atoms with Gasteiger partial charge in [-0.25, -0.2) is 0 Å². The molecule has 3 rings (SSSR count). The van der Waals surface area contributed by atoms with Crippen molar-refractivity contribution in [3.8, 4) is 12.1 Å². The zero-order chi connectivity index (χ0) is 15.1. The Bertz CT molecular complexity index is 623. The first-order chi connectivity index (χ1) is 10.2. The number of anilines is 1. The second-order valence-corrected chi connectivity index (χ2v) is 6.31. The minimum absolute atomic E-state index is 0.0574. The molecule has 3 nitrogen and oxygen atoms in total. The van der Waals surface area contributed by atoms with Crippen molar-refractivity contribution < 1.29 is 0 Å². The van der Waals surface area contributed by atoms with Crippen molar-refractivity contribution in [2.45, 2.75) is 51.0 Å². The molecule has 2 aliphatic rings. The van der Waals surface area contributed by atoms with Crippen LogP contribution < -0.4 is 4.90 Å². The maximum Gasteiger partial charge on any atom is 0.173 e. The zero-order valence-corrected chi connectivity index (χ0v) is 12.8. The number of benzene rings is 1. The Balaban J connectivity index is 2.33. The molecule has 2 aliphatic heterocycles. The number of hydrogen-bond donors (Lipinski definition) is 0. The van der Waals surface area contributed by atoms with Gasteiger partial charge in [-0.15, -0.1) is 0 Å². The van der Waals surface area contributed by atoms with Gasteiger partial charge in [0, 0.05) is 18.2 Å². The van der Waals surface area contributed by atoms with Gasteiger partial charge in [0.15, 0.2) is 5.41 Å². The first-order valence-corrected chi connectivity index (χ1v) is 7.86. The second kappa shape index (κ2) is 4.78. The van der Waals surface area contributed by atoms with Crippen LogP contribution in [-0.2, 0) is 0 Å². The van der Waals surface area contributed by atoms with Crippen molar-refractivity contribution >= 4 is 5.69 Å². The quantitative estimate of drug-likeness (QED) is 0.781. The third-order valence-electron chi connectivity index (χ3n) is 5.75. The molecular weight excluding hydrogens is 258 g/mol. The predicted molar refractivity (Wildman–Crippen MR) is 82.7 cm³/mol. The Morgan fingerprint density at radius 1 is 1.24 bits per heavy atom. The van der Waals surface area contributed by atoms with Gasteiger partial charge in [0.05, 0.1) is 17.7 Å². The van der Waals surface area contributed by atoms with Crippen molar-refractivity contribution in [3.63, 3.8) is 0 Å². The van der Waals surface area contributed by atoms with E-state index < -0.39 is 5.41 Å². The fourth-order valence-electron chi connectivity index (χ4n) is 4.61. The van der Waals surface area contributed by atoms with Crippen LogP contribution in [0.3, 0.4) is 0 Å². The van der Waals surface area contributed by atoms with Gasteiger partial charge in [0.1, 0.15) is 0 Å². The first-order valence-electron chi connectivity index (χ1n) is 7.86. The normalized spacial score (nSPS) is 29.7. The molecule has 0 aromatic heterocycles. The van der Waals surface area contributed by atoms with Crippen LogP contribution in [0.25, 0.3) is 0 Å². The van der Waals surface area contributed by atoms with Crippen LogP contribution in [-0.4, -0.2) is 12.1 Å². The summed E-state index contributed by atoms with van der Waals surface area (Å²) in [5.41, 5.74) is 1.07. The van der Waals surface area contributed by atoms with Gasteiger partial charge < -0.3 is 4.90 Å². The van der Waals surface area contributed by atoms with E-state index in [2.05, 4.69) is 49.1 Å². The van der Waals surface area contributed by atoms with E-state index in [1.807, 2.05) is 6.07 Å². The predicted octanol–water partition coefficient (Wildman–Crippen LogP) is 3.98. The molecular formula is C18H21N3. The van der Waals surface area contributed by atoms with Crippen LogP contribution in [0.5, 0.6) is 0 Å². The molecule has 1 saturated heterocycles. The van der Waals surface area contributed by atoms with Gasteiger partial charge in [-0.1, -0.05) is 32.0 Å². The highest BCUT2D eigenvalue weighted by Crippen LogP contribution is 2.58. The molecule has 0 saturated carbocycles. The van der Waals surface area contributed by atoms with Crippen LogP contribution >= 0.6 is 0 Å². The molecule has 0 aliphatic carbocycles. The lowest BCUT2D eigenvalue weighted by Crippen LogP contribution is -2.65. The van der Waals surface area contributed by atoms with Gasteiger partial charge in [0.2, 0.25) is 0 Å². The Labute approximate surface area is 126 Å². The fraction of sp³-hybridized carbons (Fsp3) is 0.556. The van der Waals surface area contributed by atoms with Crippen molar-refractivity contribution in [3.05, 3.63) is 29.8 Å². The van der Waals surface area contributed by atoms with Gasteiger partial charge in [0.25, 0.3) is 0 Å². The molecule has 1 aromatic carbocycles. The van der Waals surface area contributed by atoms with E-state index in [4.69, 9.17) is 0 Å². The highest BCUT2D eigenvalue weighted by molar-refractivity contribution is 5.64. The maximum absolute atomic E-state index is 9.97. The second-order valence-electron chi connectivity index (χ2n) is 6.31. The molecule has 2 heterocycles. The van der Waals surface area contributed by atoms with E-state index in [9.17, 15) is 10.5 Å². The number of piperidine rings is 1. The molecule has 0 radical (unpaired) electrons. The molecule has 1 aromatic rings. The van der Waals surface area contributed by atoms with Crippen molar-refractivity contribution in [2.24, 2.45) is 5.41 Å². The van der Waals surface area contributed by atoms with Crippen LogP contribution in [0.1, 0.15) is 51.0 Å². The third-order valence-corrected chi connectivity index (χ3v) is 5.75. The summed E-state index contributed by atoms with van der Waals surface area (Å²) in [5.74, 6) is -0.0574. The van der Waals surface area contributed by atoms with Crippen LogP contribution in [0, 0.1) is 28.1 Å². The van der Waals surface area contributed by atoms with E-state index in [1.165, 1.54) is 5.69 Å². The van der Waals surface area contributed by atoms with Gasteiger partial charge in [-0.3, -0.25) is 0 Å². The number of hydrogen-bond acceptors (Lipinski definition) is 3. The molecule has 0 spiro atoms. The summed E-state index contributed by atoms with van der Waals surface area (Å²) >= 11 is 0. The van der Waals surface area contributed by atoms with Crippen LogP contribution in [0.2, 0.25) is 0 Å². The number of nitriles is 2. The SMILES string of the molecule is CC[C@]12CCCCN1c1ccccc1[C@@H](C)C2(C#N)C#N. The molecule has 108 valence electrons. The monoisotopic (exact) mass is 279 g/mol. The molecule has 1 fully saturated rings. The summed E-state index contributed by atoms with van der Waals surface area (Å²) in [4.78, 5) is 2.37. The number of fused-ring (bicyclic) bond motifs is 3. The lowest BCUT2D eigenvalue weighted by molar-refractivity contribution is 0.145.